The third-order valence-corrected chi connectivity index (χ3v) is 3.64. The summed E-state index contributed by atoms with van der Waals surface area (Å²) in [6.07, 6.45) is 0.785. The van der Waals surface area contributed by atoms with Crippen LogP contribution in [0.15, 0.2) is 23.4 Å². The lowest BCUT2D eigenvalue weighted by Crippen LogP contribution is -2.04. The van der Waals surface area contributed by atoms with Crippen molar-refractivity contribution in [1.29, 1.82) is 0 Å². The average molecular weight is 311 g/mol. The third-order valence-electron chi connectivity index (χ3n) is 2.69. The minimum Gasteiger partial charge on any atom is -0.507 e. The Hall–Kier alpha value is -2.09. The van der Waals surface area contributed by atoms with Crippen LogP contribution in [0.25, 0.3) is 11.4 Å². The van der Waals surface area contributed by atoms with Gasteiger partial charge in [0.05, 0.1) is 11.3 Å². The predicted molar refractivity (Wildman–Crippen MR) is 75.7 cm³/mol. The molecule has 1 heterocycles. The monoisotopic (exact) mass is 311 g/mol. The van der Waals surface area contributed by atoms with Gasteiger partial charge in [0.25, 0.3) is 0 Å². The summed E-state index contributed by atoms with van der Waals surface area (Å²) in [5, 5.41) is 27.0. The number of halogens is 1. The fourth-order valence-electron chi connectivity index (χ4n) is 1.84. The molecule has 0 spiro atoms. The van der Waals surface area contributed by atoms with Crippen molar-refractivity contribution < 1.29 is 19.4 Å². The van der Waals surface area contributed by atoms with Gasteiger partial charge in [-0.1, -0.05) is 18.7 Å². The third kappa shape index (κ3) is 3.52. The second kappa shape index (κ2) is 6.57. The van der Waals surface area contributed by atoms with Crippen molar-refractivity contribution in [2.45, 2.75) is 25.0 Å². The van der Waals surface area contributed by atoms with E-state index in [1.54, 1.807) is 4.57 Å². The van der Waals surface area contributed by atoms with Crippen molar-refractivity contribution in [3.05, 3.63) is 24.0 Å². The smallest absolute Gasteiger partial charge is 0.313 e. The molecule has 21 heavy (non-hydrogen) atoms. The van der Waals surface area contributed by atoms with Crippen molar-refractivity contribution in [2.75, 3.05) is 5.75 Å². The van der Waals surface area contributed by atoms with Crippen LogP contribution >= 0.6 is 11.8 Å². The lowest BCUT2D eigenvalue weighted by Gasteiger charge is -2.09. The first kappa shape index (κ1) is 15.3. The molecular formula is C13H14FN3O3S. The number of carboxylic acids is 1. The van der Waals surface area contributed by atoms with E-state index >= 15 is 0 Å². The van der Waals surface area contributed by atoms with Crippen molar-refractivity contribution in [2.24, 2.45) is 0 Å². The Bertz CT molecular complexity index is 660. The number of rotatable bonds is 6. The Balaban J connectivity index is 2.41. The maximum Gasteiger partial charge on any atom is 0.313 e. The first-order valence-electron chi connectivity index (χ1n) is 6.29. The lowest BCUT2D eigenvalue weighted by molar-refractivity contribution is -0.133. The van der Waals surface area contributed by atoms with Gasteiger partial charge in [0.1, 0.15) is 11.6 Å². The number of aliphatic carboxylic acids is 1. The molecule has 0 saturated heterocycles. The molecule has 8 heteroatoms. The second-order valence-electron chi connectivity index (χ2n) is 4.30. The average Bonchev–Trinajstić information content (AvgIpc) is 2.80. The molecule has 0 saturated carbocycles. The number of hydrogen-bond donors (Lipinski definition) is 2. The summed E-state index contributed by atoms with van der Waals surface area (Å²) in [7, 11) is 0. The normalized spacial score (nSPS) is 10.8. The molecule has 1 aromatic heterocycles. The number of hydrogen-bond acceptors (Lipinski definition) is 5. The highest BCUT2D eigenvalue weighted by Crippen LogP contribution is 2.31. The Morgan fingerprint density at radius 2 is 2.19 bits per heavy atom. The summed E-state index contributed by atoms with van der Waals surface area (Å²) >= 11 is 1.05. The summed E-state index contributed by atoms with van der Waals surface area (Å²) in [6, 6.07) is 3.65. The van der Waals surface area contributed by atoms with Crippen molar-refractivity contribution in [3.63, 3.8) is 0 Å². The molecule has 0 atom stereocenters. The minimum atomic E-state index is -0.947. The van der Waals surface area contributed by atoms with Gasteiger partial charge in [0, 0.05) is 12.6 Å². The zero-order valence-electron chi connectivity index (χ0n) is 11.3. The predicted octanol–water partition coefficient (Wildman–Crippen LogP) is 2.38. The number of nitrogens with zero attached hydrogens (tertiary/aromatic N) is 3. The van der Waals surface area contributed by atoms with Crippen LogP contribution < -0.4 is 0 Å². The van der Waals surface area contributed by atoms with E-state index in [-0.39, 0.29) is 11.5 Å². The number of thioether (sulfide) groups is 1. The summed E-state index contributed by atoms with van der Waals surface area (Å²) in [5.41, 5.74) is 0.361. The molecule has 0 amide bonds. The van der Waals surface area contributed by atoms with E-state index in [9.17, 15) is 14.3 Å². The maximum absolute atomic E-state index is 13.1. The standard InChI is InChI=1S/C13H14FN3O3S/c1-2-5-17-12(9-4-3-8(14)6-10(9)18)15-16-13(17)21-7-11(19)20/h3-4,6,18H,2,5,7H2,1H3,(H,19,20). The molecule has 0 radical (unpaired) electrons. The second-order valence-corrected chi connectivity index (χ2v) is 5.24. The van der Waals surface area contributed by atoms with Crippen LogP contribution in [0, 0.1) is 5.82 Å². The number of carboxylic acid groups (broad SMARTS) is 1. The van der Waals surface area contributed by atoms with Gasteiger partial charge in [-0.15, -0.1) is 10.2 Å². The van der Waals surface area contributed by atoms with Crippen LogP contribution in [0.2, 0.25) is 0 Å². The van der Waals surface area contributed by atoms with Crippen LogP contribution in [0.3, 0.4) is 0 Å². The molecule has 0 aliphatic rings. The van der Waals surface area contributed by atoms with E-state index in [0.717, 1.165) is 24.2 Å². The topological polar surface area (TPSA) is 88.2 Å². The molecule has 2 rings (SSSR count). The molecule has 112 valence electrons. The number of carbonyl (C=O) groups is 1. The molecular weight excluding hydrogens is 297 g/mol. The zero-order chi connectivity index (χ0) is 15.4. The van der Waals surface area contributed by atoms with Gasteiger partial charge in [-0.3, -0.25) is 4.79 Å². The molecule has 0 unspecified atom stereocenters. The number of phenolic OH excluding ortho intramolecular Hbond substituents is 1. The molecule has 0 aliphatic heterocycles. The van der Waals surface area contributed by atoms with Gasteiger partial charge >= 0.3 is 5.97 Å². The molecule has 0 fully saturated rings. The summed E-state index contributed by atoms with van der Waals surface area (Å²) in [4.78, 5) is 10.7. The van der Waals surface area contributed by atoms with Crippen LogP contribution in [-0.4, -0.2) is 36.7 Å². The Labute approximate surface area is 124 Å². The fraction of sp³-hybridized carbons (Fsp3) is 0.308. The maximum atomic E-state index is 13.1. The largest absolute Gasteiger partial charge is 0.507 e. The van der Waals surface area contributed by atoms with Gasteiger partial charge in [-0.2, -0.15) is 0 Å². The zero-order valence-corrected chi connectivity index (χ0v) is 12.1. The molecule has 0 aliphatic carbocycles. The first-order chi connectivity index (χ1) is 10.0. The highest BCUT2D eigenvalue weighted by Gasteiger charge is 2.17. The first-order valence-corrected chi connectivity index (χ1v) is 7.28. The SMILES string of the molecule is CCCn1c(SCC(=O)O)nnc1-c1ccc(F)cc1O. The van der Waals surface area contributed by atoms with Crippen LogP contribution in [-0.2, 0) is 11.3 Å². The Morgan fingerprint density at radius 1 is 1.43 bits per heavy atom. The van der Waals surface area contributed by atoms with Gasteiger partial charge < -0.3 is 14.8 Å². The number of benzene rings is 1. The molecule has 0 bridgehead atoms. The minimum absolute atomic E-state index is 0.128. The van der Waals surface area contributed by atoms with Gasteiger partial charge in [-0.05, 0) is 18.6 Å². The number of aromatic nitrogens is 3. The summed E-state index contributed by atoms with van der Waals surface area (Å²) < 4.78 is 14.8. The van der Waals surface area contributed by atoms with Crippen molar-refractivity contribution in [3.8, 4) is 17.1 Å². The molecule has 1 aromatic carbocycles. The van der Waals surface area contributed by atoms with E-state index in [0.29, 0.717) is 23.1 Å². The summed E-state index contributed by atoms with van der Waals surface area (Å²) in [5.74, 6) is -1.45. The lowest BCUT2D eigenvalue weighted by atomic mass is 10.2. The van der Waals surface area contributed by atoms with E-state index in [1.807, 2.05) is 6.92 Å². The van der Waals surface area contributed by atoms with E-state index in [2.05, 4.69) is 10.2 Å². The van der Waals surface area contributed by atoms with Crippen LogP contribution in [0.5, 0.6) is 5.75 Å². The van der Waals surface area contributed by atoms with E-state index in [1.165, 1.54) is 12.1 Å². The van der Waals surface area contributed by atoms with Crippen LogP contribution in [0.1, 0.15) is 13.3 Å². The Morgan fingerprint density at radius 3 is 2.81 bits per heavy atom. The quantitative estimate of drug-likeness (QED) is 0.796. The number of phenols is 1. The van der Waals surface area contributed by atoms with Crippen LogP contribution in [0.4, 0.5) is 4.39 Å². The van der Waals surface area contributed by atoms with Crippen molar-refractivity contribution in [1.82, 2.24) is 14.8 Å². The summed E-state index contributed by atoms with van der Waals surface area (Å²) in [6.45, 7) is 2.53. The highest BCUT2D eigenvalue weighted by molar-refractivity contribution is 7.99. The van der Waals surface area contributed by atoms with E-state index < -0.39 is 11.8 Å². The molecule has 6 nitrogen and oxygen atoms in total. The van der Waals surface area contributed by atoms with E-state index in [4.69, 9.17) is 5.11 Å². The molecule has 2 N–H and O–H groups in total. The fourth-order valence-corrected chi connectivity index (χ4v) is 2.52. The van der Waals surface area contributed by atoms with Gasteiger partial charge in [-0.25, -0.2) is 4.39 Å². The Kier molecular flexibility index (Phi) is 4.79. The van der Waals surface area contributed by atoms with Crippen molar-refractivity contribution >= 4 is 17.7 Å². The van der Waals surface area contributed by atoms with Gasteiger partial charge in [0.2, 0.25) is 0 Å². The van der Waals surface area contributed by atoms with Gasteiger partial charge in [0.15, 0.2) is 11.0 Å². The highest BCUT2D eigenvalue weighted by atomic mass is 32.2. The molecule has 2 aromatic rings. The number of aromatic hydroxyl groups is 1.